The zero-order chi connectivity index (χ0) is 22.9. The van der Waals surface area contributed by atoms with Gasteiger partial charge in [0, 0.05) is 5.40 Å². The highest BCUT2D eigenvalue weighted by Gasteiger charge is 2.35. The molecule has 0 spiro atoms. The van der Waals surface area contributed by atoms with Crippen molar-refractivity contribution in [3.63, 3.8) is 0 Å². The molecule has 0 heterocycles. The summed E-state index contributed by atoms with van der Waals surface area (Å²) in [5.41, 5.74) is 0. The summed E-state index contributed by atoms with van der Waals surface area (Å²) in [6, 6.07) is 42.7. The minimum atomic E-state index is -0.816. The monoisotopic (exact) mass is 470 g/mol. The van der Waals surface area contributed by atoms with Gasteiger partial charge in [-0.05, 0) is 44.0 Å². The average molecular weight is 470 g/mol. The van der Waals surface area contributed by atoms with Gasteiger partial charge in [0.2, 0.25) is 0 Å². The van der Waals surface area contributed by atoms with Gasteiger partial charge >= 0.3 is 5.97 Å². The maximum Gasteiger partial charge on any atom is 0.306 e. The van der Waals surface area contributed by atoms with Crippen LogP contribution in [0.4, 0.5) is 0 Å². The standard InChI is InChI=1S/C29H28O2P2/c1-2-31-28(30)23-29(32(24-15-7-3-8-16-24)25-17-9-4-10-18-25)33(26-19-11-5-12-20-26)27-21-13-6-14-22-27/h3-22,29H,2,23H2,1H3. The second kappa shape index (κ2) is 11.9. The van der Waals surface area contributed by atoms with Gasteiger partial charge in [0.05, 0.1) is 13.0 Å². The van der Waals surface area contributed by atoms with Crippen LogP contribution in [0, 0.1) is 0 Å². The Hall–Kier alpha value is -2.79. The summed E-state index contributed by atoms with van der Waals surface area (Å²) in [6.45, 7) is 2.27. The largest absolute Gasteiger partial charge is 0.466 e. The molecule has 0 bridgehead atoms. The number of hydrogen-bond donors (Lipinski definition) is 0. The van der Waals surface area contributed by atoms with Crippen LogP contribution < -0.4 is 21.2 Å². The third-order valence-corrected chi connectivity index (χ3v) is 11.7. The molecule has 0 radical (unpaired) electrons. The number of rotatable bonds is 9. The van der Waals surface area contributed by atoms with Crippen molar-refractivity contribution in [1.82, 2.24) is 0 Å². The molecule has 2 nitrogen and oxygen atoms in total. The first-order valence-electron chi connectivity index (χ1n) is 11.2. The van der Waals surface area contributed by atoms with Gasteiger partial charge in [0.15, 0.2) is 0 Å². The third kappa shape index (κ3) is 5.97. The third-order valence-electron chi connectivity index (χ3n) is 5.39. The summed E-state index contributed by atoms with van der Waals surface area (Å²) in [7, 11) is -1.63. The predicted molar refractivity (Wildman–Crippen MR) is 143 cm³/mol. The summed E-state index contributed by atoms with van der Waals surface area (Å²) in [5, 5.41) is 5.24. The van der Waals surface area contributed by atoms with E-state index < -0.39 is 15.8 Å². The lowest BCUT2D eigenvalue weighted by Crippen LogP contribution is -2.29. The van der Waals surface area contributed by atoms with E-state index >= 15 is 0 Å². The molecule has 0 N–H and O–H groups in total. The van der Waals surface area contributed by atoms with Crippen molar-refractivity contribution < 1.29 is 9.53 Å². The minimum Gasteiger partial charge on any atom is -0.466 e. The van der Waals surface area contributed by atoms with E-state index in [1.807, 2.05) is 6.92 Å². The smallest absolute Gasteiger partial charge is 0.306 e. The van der Waals surface area contributed by atoms with Gasteiger partial charge in [0.1, 0.15) is 0 Å². The molecule has 0 aliphatic heterocycles. The Kier molecular flexibility index (Phi) is 8.42. The van der Waals surface area contributed by atoms with E-state index in [-0.39, 0.29) is 11.4 Å². The van der Waals surface area contributed by atoms with E-state index in [1.54, 1.807) is 0 Å². The molecule has 0 fully saturated rings. The van der Waals surface area contributed by atoms with Crippen LogP contribution in [0.3, 0.4) is 0 Å². The second-order valence-corrected chi connectivity index (χ2v) is 12.8. The Morgan fingerprint density at radius 1 is 0.606 bits per heavy atom. The second-order valence-electron chi connectivity index (χ2n) is 7.57. The highest BCUT2D eigenvalue weighted by molar-refractivity contribution is 7.89. The lowest BCUT2D eigenvalue weighted by molar-refractivity contribution is -0.142. The SMILES string of the molecule is CCOC(=O)CC(P(c1ccccc1)c1ccccc1)P(c1ccccc1)c1ccccc1. The van der Waals surface area contributed by atoms with Crippen molar-refractivity contribution in [3.05, 3.63) is 121 Å². The quantitative estimate of drug-likeness (QED) is 0.238. The first-order chi connectivity index (χ1) is 16.3. The molecule has 33 heavy (non-hydrogen) atoms. The van der Waals surface area contributed by atoms with Crippen molar-refractivity contribution in [2.75, 3.05) is 6.61 Å². The lowest BCUT2D eigenvalue weighted by Gasteiger charge is -2.35. The predicted octanol–water partition coefficient (Wildman–Crippen LogP) is 5.53. The van der Waals surface area contributed by atoms with Gasteiger partial charge in [-0.15, -0.1) is 0 Å². The molecule has 0 saturated heterocycles. The van der Waals surface area contributed by atoms with E-state index in [0.29, 0.717) is 13.0 Å². The molecule has 0 saturated carbocycles. The Bertz CT molecular complexity index is 957. The highest BCUT2D eigenvalue weighted by Crippen LogP contribution is 2.57. The van der Waals surface area contributed by atoms with Crippen LogP contribution in [-0.4, -0.2) is 18.0 Å². The van der Waals surface area contributed by atoms with Gasteiger partial charge in [-0.25, -0.2) is 0 Å². The number of carbonyl (C=O) groups excluding carboxylic acids is 1. The van der Waals surface area contributed by atoms with Crippen LogP contribution in [0.15, 0.2) is 121 Å². The Labute approximate surface area is 199 Å². The van der Waals surface area contributed by atoms with Crippen molar-refractivity contribution in [3.8, 4) is 0 Å². The minimum absolute atomic E-state index is 0.101. The van der Waals surface area contributed by atoms with Crippen LogP contribution >= 0.6 is 15.8 Å². The molecule has 0 aliphatic rings. The summed E-state index contributed by atoms with van der Waals surface area (Å²) in [4.78, 5) is 13.0. The maximum atomic E-state index is 13.0. The van der Waals surface area contributed by atoms with Crippen LogP contribution in [0.1, 0.15) is 13.3 Å². The lowest BCUT2D eigenvalue weighted by atomic mass is 10.4. The first-order valence-corrected chi connectivity index (χ1v) is 14.0. The highest BCUT2D eigenvalue weighted by atomic mass is 31.2. The van der Waals surface area contributed by atoms with Gasteiger partial charge in [0.25, 0.3) is 0 Å². The zero-order valence-corrected chi connectivity index (χ0v) is 20.5. The Morgan fingerprint density at radius 2 is 0.909 bits per heavy atom. The van der Waals surface area contributed by atoms with Crippen LogP contribution in [0.5, 0.6) is 0 Å². The van der Waals surface area contributed by atoms with E-state index in [2.05, 4.69) is 121 Å². The van der Waals surface area contributed by atoms with E-state index in [9.17, 15) is 4.79 Å². The molecule has 4 aromatic carbocycles. The van der Waals surface area contributed by atoms with Gasteiger partial charge < -0.3 is 4.74 Å². The number of hydrogen-bond acceptors (Lipinski definition) is 2. The summed E-state index contributed by atoms with van der Waals surface area (Å²) in [6.07, 6.45) is 0.388. The Balaban J connectivity index is 1.91. The van der Waals surface area contributed by atoms with Crippen LogP contribution in [-0.2, 0) is 9.53 Å². The molecular weight excluding hydrogens is 442 g/mol. The average Bonchev–Trinajstić information content (AvgIpc) is 2.87. The molecule has 166 valence electrons. The molecule has 0 aliphatic carbocycles. The molecule has 4 rings (SSSR count). The number of esters is 1. The van der Waals surface area contributed by atoms with Crippen molar-refractivity contribution in [1.29, 1.82) is 0 Å². The molecular formula is C29H28O2P2. The van der Waals surface area contributed by atoms with Crippen LogP contribution in [0.25, 0.3) is 0 Å². The van der Waals surface area contributed by atoms with E-state index in [4.69, 9.17) is 4.74 Å². The first kappa shape index (κ1) is 23.4. The van der Waals surface area contributed by atoms with Crippen molar-refractivity contribution in [2.45, 2.75) is 18.7 Å². The van der Waals surface area contributed by atoms with E-state index in [0.717, 1.165) is 0 Å². The fourth-order valence-corrected chi connectivity index (χ4v) is 11.1. The number of benzene rings is 4. The zero-order valence-electron chi connectivity index (χ0n) is 18.7. The Morgan fingerprint density at radius 3 is 1.18 bits per heavy atom. The molecule has 0 amide bonds. The molecule has 4 aromatic rings. The summed E-state index contributed by atoms with van der Waals surface area (Å²) >= 11 is 0. The fraction of sp³-hybridized carbons (Fsp3) is 0.138. The van der Waals surface area contributed by atoms with E-state index in [1.165, 1.54) is 21.2 Å². The van der Waals surface area contributed by atoms with Gasteiger partial charge in [-0.3, -0.25) is 4.79 Å². The summed E-state index contributed by atoms with van der Waals surface area (Å²) < 4.78 is 5.50. The summed E-state index contributed by atoms with van der Waals surface area (Å²) in [5.74, 6) is -0.124. The molecule has 0 aromatic heterocycles. The molecule has 4 heteroatoms. The maximum absolute atomic E-state index is 13.0. The fourth-order valence-electron chi connectivity index (χ4n) is 4.01. The van der Waals surface area contributed by atoms with Crippen molar-refractivity contribution in [2.24, 2.45) is 0 Å². The van der Waals surface area contributed by atoms with Gasteiger partial charge in [-0.1, -0.05) is 121 Å². The van der Waals surface area contributed by atoms with Crippen molar-refractivity contribution >= 4 is 43.0 Å². The molecule has 0 unspecified atom stereocenters. The van der Waals surface area contributed by atoms with Gasteiger partial charge in [-0.2, -0.15) is 0 Å². The number of ether oxygens (including phenoxy) is 1. The van der Waals surface area contributed by atoms with Crippen LogP contribution in [0.2, 0.25) is 0 Å². The normalized spacial score (nSPS) is 11.2. The number of carbonyl (C=O) groups is 1. The molecule has 0 atom stereocenters. The topological polar surface area (TPSA) is 26.3 Å².